The van der Waals surface area contributed by atoms with Gasteiger partial charge >= 0.3 is 0 Å². The van der Waals surface area contributed by atoms with Crippen LogP contribution in [0.3, 0.4) is 0 Å². The van der Waals surface area contributed by atoms with E-state index in [1.165, 1.54) is 0 Å². The Kier molecular flexibility index (Phi) is 5.11. The Labute approximate surface area is 181 Å². The molecule has 1 N–H and O–H groups in total. The molecule has 2 aliphatic carbocycles. The number of para-hydroxylation sites is 1. The molecule has 5 rings (SSSR count). The third-order valence-electron chi connectivity index (χ3n) is 6.70. The predicted molar refractivity (Wildman–Crippen MR) is 119 cm³/mol. The van der Waals surface area contributed by atoms with Crippen LogP contribution in [0, 0.1) is 17.8 Å². The van der Waals surface area contributed by atoms with E-state index >= 15 is 0 Å². The van der Waals surface area contributed by atoms with Gasteiger partial charge in [0.25, 0.3) is 5.91 Å². The van der Waals surface area contributed by atoms with E-state index in [1.807, 2.05) is 30.5 Å². The maximum absolute atomic E-state index is 12.6. The number of pyridine rings is 1. The maximum atomic E-state index is 12.6. The number of aromatic nitrogens is 1. The lowest BCUT2D eigenvalue weighted by Gasteiger charge is -2.22. The molecule has 3 aromatic rings. The quantitative estimate of drug-likeness (QED) is 0.572. The Hall–Kier alpha value is -2.59. The molecule has 1 heterocycles. The molecule has 5 atom stereocenters. The molecule has 2 aliphatic rings. The van der Waals surface area contributed by atoms with Crippen molar-refractivity contribution in [2.75, 3.05) is 0 Å². The van der Waals surface area contributed by atoms with Crippen LogP contribution in [0.5, 0.6) is 5.75 Å². The SMILES string of the molecule is CCC(NC(=O)c1ccc(Cl)cc1)[C@H]1[C@@H]2C[C@@H](Oc3ccnc4ccccc34)C[C@@H]21. The first kappa shape index (κ1) is 19.4. The van der Waals surface area contributed by atoms with Crippen molar-refractivity contribution >= 4 is 28.4 Å². The van der Waals surface area contributed by atoms with Crippen LogP contribution in [0.4, 0.5) is 0 Å². The largest absolute Gasteiger partial charge is 0.490 e. The Balaban J connectivity index is 1.20. The van der Waals surface area contributed by atoms with Crippen molar-refractivity contribution < 1.29 is 9.53 Å². The second kappa shape index (κ2) is 7.92. The van der Waals surface area contributed by atoms with Gasteiger partial charge in [-0.3, -0.25) is 9.78 Å². The number of carbonyl (C=O) groups is 1. The van der Waals surface area contributed by atoms with Gasteiger partial charge in [0.1, 0.15) is 5.75 Å². The molecule has 0 radical (unpaired) electrons. The van der Waals surface area contributed by atoms with Crippen molar-refractivity contribution in [1.82, 2.24) is 10.3 Å². The van der Waals surface area contributed by atoms with Crippen molar-refractivity contribution in [3.63, 3.8) is 0 Å². The summed E-state index contributed by atoms with van der Waals surface area (Å²) in [4.78, 5) is 17.0. The monoisotopic (exact) mass is 420 g/mol. The first-order valence-corrected chi connectivity index (χ1v) is 11.1. The fraction of sp³-hybridized carbons (Fsp3) is 0.360. The summed E-state index contributed by atoms with van der Waals surface area (Å²) >= 11 is 5.93. The van der Waals surface area contributed by atoms with Gasteiger partial charge in [0.15, 0.2) is 0 Å². The summed E-state index contributed by atoms with van der Waals surface area (Å²) in [6.45, 7) is 2.15. The molecular formula is C25H25ClN2O2. The second-order valence-electron chi connectivity index (χ2n) is 8.44. The van der Waals surface area contributed by atoms with Crippen LogP contribution < -0.4 is 10.1 Å². The van der Waals surface area contributed by atoms with Crippen LogP contribution in [-0.2, 0) is 0 Å². The van der Waals surface area contributed by atoms with Crippen LogP contribution in [0.25, 0.3) is 10.9 Å². The number of hydrogen-bond acceptors (Lipinski definition) is 3. The summed E-state index contributed by atoms with van der Waals surface area (Å²) < 4.78 is 6.37. The van der Waals surface area contributed by atoms with E-state index in [1.54, 1.807) is 24.3 Å². The van der Waals surface area contributed by atoms with Gasteiger partial charge in [-0.25, -0.2) is 0 Å². The molecule has 5 heteroatoms. The topological polar surface area (TPSA) is 51.2 Å². The Bertz CT molecular complexity index is 1050. The molecule has 4 nitrogen and oxygen atoms in total. The zero-order valence-corrected chi connectivity index (χ0v) is 17.7. The van der Waals surface area contributed by atoms with E-state index in [2.05, 4.69) is 23.3 Å². The molecule has 0 bridgehead atoms. The summed E-state index contributed by atoms with van der Waals surface area (Å²) in [5, 5.41) is 4.96. The summed E-state index contributed by atoms with van der Waals surface area (Å²) in [5.41, 5.74) is 1.63. The van der Waals surface area contributed by atoms with E-state index in [0.29, 0.717) is 28.3 Å². The number of benzene rings is 2. The minimum Gasteiger partial charge on any atom is -0.490 e. The van der Waals surface area contributed by atoms with Crippen LogP contribution >= 0.6 is 11.6 Å². The molecule has 1 amide bonds. The third-order valence-corrected chi connectivity index (χ3v) is 6.95. The number of hydrogen-bond donors (Lipinski definition) is 1. The van der Waals surface area contributed by atoms with Crippen LogP contribution in [0.15, 0.2) is 60.8 Å². The number of fused-ring (bicyclic) bond motifs is 2. The summed E-state index contributed by atoms with van der Waals surface area (Å²) in [5.74, 6) is 2.74. The molecule has 154 valence electrons. The van der Waals surface area contributed by atoms with E-state index in [-0.39, 0.29) is 18.1 Å². The summed E-state index contributed by atoms with van der Waals surface area (Å²) in [7, 11) is 0. The molecule has 30 heavy (non-hydrogen) atoms. The van der Waals surface area contributed by atoms with Crippen molar-refractivity contribution in [3.8, 4) is 5.75 Å². The smallest absolute Gasteiger partial charge is 0.251 e. The average molecular weight is 421 g/mol. The van der Waals surface area contributed by atoms with E-state index < -0.39 is 0 Å². The summed E-state index contributed by atoms with van der Waals surface area (Å²) in [6.07, 6.45) is 5.11. The first-order valence-electron chi connectivity index (χ1n) is 10.7. The van der Waals surface area contributed by atoms with Crippen molar-refractivity contribution in [3.05, 3.63) is 71.4 Å². The van der Waals surface area contributed by atoms with Gasteiger partial charge in [-0.1, -0.05) is 30.7 Å². The zero-order chi connectivity index (χ0) is 20.7. The molecule has 2 fully saturated rings. The minimum absolute atomic E-state index is 0.0143. The molecule has 0 spiro atoms. The minimum atomic E-state index is -0.0143. The number of ether oxygens (including phenoxy) is 1. The lowest BCUT2D eigenvalue weighted by Crippen LogP contribution is -2.37. The van der Waals surface area contributed by atoms with Crippen molar-refractivity contribution in [2.24, 2.45) is 17.8 Å². The molecule has 2 aromatic carbocycles. The zero-order valence-electron chi connectivity index (χ0n) is 16.9. The molecule has 0 saturated heterocycles. The number of halogens is 1. The van der Waals surface area contributed by atoms with Crippen LogP contribution in [-0.4, -0.2) is 23.0 Å². The van der Waals surface area contributed by atoms with Crippen LogP contribution in [0.2, 0.25) is 5.02 Å². The highest BCUT2D eigenvalue weighted by Crippen LogP contribution is 2.60. The number of carbonyl (C=O) groups excluding carboxylic acids is 1. The Morgan fingerprint density at radius 1 is 1.13 bits per heavy atom. The average Bonchev–Trinajstić information content (AvgIpc) is 3.26. The predicted octanol–water partition coefficient (Wildman–Crippen LogP) is 5.50. The maximum Gasteiger partial charge on any atom is 0.251 e. The normalized spacial score (nSPS) is 25.5. The van der Waals surface area contributed by atoms with Crippen LogP contribution in [0.1, 0.15) is 36.5 Å². The Morgan fingerprint density at radius 3 is 2.60 bits per heavy atom. The van der Waals surface area contributed by atoms with Crippen molar-refractivity contribution in [1.29, 1.82) is 0 Å². The Morgan fingerprint density at radius 2 is 1.87 bits per heavy atom. The number of rotatable bonds is 6. The van der Waals surface area contributed by atoms with Crippen molar-refractivity contribution in [2.45, 2.75) is 38.3 Å². The molecular weight excluding hydrogens is 396 g/mol. The first-order chi connectivity index (χ1) is 14.6. The van der Waals surface area contributed by atoms with Gasteiger partial charge < -0.3 is 10.1 Å². The van der Waals surface area contributed by atoms with E-state index in [4.69, 9.17) is 16.3 Å². The lowest BCUT2D eigenvalue weighted by molar-refractivity contribution is 0.0924. The summed E-state index contributed by atoms with van der Waals surface area (Å²) in [6, 6.07) is 17.3. The highest BCUT2D eigenvalue weighted by Gasteiger charge is 2.59. The van der Waals surface area contributed by atoms with E-state index in [9.17, 15) is 4.79 Å². The van der Waals surface area contributed by atoms with Gasteiger partial charge in [-0.05, 0) is 79.5 Å². The van der Waals surface area contributed by atoms with E-state index in [0.717, 1.165) is 35.9 Å². The van der Waals surface area contributed by atoms with Gasteiger partial charge in [0, 0.05) is 28.2 Å². The third kappa shape index (κ3) is 3.65. The lowest BCUT2D eigenvalue weighted by atomic mass is 10.00. The van der Waals surface area contributed by atoms with Gasteiger partial charge in [-0.15, -0.1) is 0 Å². The number of nitrogens with zero attached hydrogens (tertiary/aromatic N) is 1. The molecule has 0 aliphatic heterocycles. The fourth-order valence-corrected chi connectivity index (χ4v) is 5.34. The highest BCUT2D eigenvalue weighted by molar-refractivity contribution is 6.30. The van der Waals surface area contributed by atoms with Gasteiger partial charge in [-0.2, -0.15) is 0 Å². The molecule has 2 saturated carbocycles. The molecule has 1 aromatic heterocycles. The van der Waals surface area contributed by atoms with Gasteiger partial charge in [0.2, 0.25) is 0 Å². The molecule has 1 unspecified atom stereocenters. The fourth-order valence-electron chi connectivity index (χ4n) is 5.21. The highest BCUT2D eigenvalue weighted by atomic mass is 35.5. The number of amides is 1. The van der Waals surface area contributed by atoms with Gasteiger partial charge in [0.05, 0.1) is 11.6 Å². The second-order valence-corrected chi connectivity index (χ2v) is 8.87. The number of nitrogens with one attached hydrogen (secondary N) is 1. The standard InChI is InChI=1S/C25H25ClN2O2/c1-2-21(28-25(29)15-7-9-16(26)10-8-15)24-19-13-17(14-20(19)24)30-23-11-12-27-22-6-4-3-5-18(22)23/h3-12,17,19-21,24H,2,13-14H2,1H3,(H,28,29)/t17-,19-,20+,21?,24+.